The van der Waals surface area contributed by atoms with Gasteiger partial charge in [0, 0.05) is 50.7 Å². The molecule has 5 nitrogen and oxygen atoms in total. The summed E-state index contributed by atoms with van der Waals surface area (Å²) in [7, 11) is 0. The molecule has 2 aliphatic rings. The lowest BCUT2D eigenvalue weighted by Crippen LogP contribution is -2.45. The molecule has 1 N–H and O–H groups in total. The van der Waals surface area contributed by atoms with E-state index >= 15 is 0 Å². The summed E-state index contributed by atoms with van der Waals surface area (Å²) in [4.78, 5) is 21.7. The van der Waals surface area contributed by atoms with Gasteiger partial charge in [-0.05, 0) is 44.7 Å². The van der Waals surface area contributed by atoms with Crippen LogP contribution in [-0.4, -0.2) is 58.5 Å². The van der Waals surface area contributed by atoms with Gasteiger partial charge in [0.05, 0.1) is 6.04 Å². The zero-order chi connectivity index (χ0) is 19.1. The minimum Gasteiger partial charge on any atom is -0.342 e. The van der Waals surface area contributed by atoms with E-state index in [0.717, 1.165) is 32.6 Å². The first-order chi connectivity index (χ1) is 13.2. The highest BCUT2D eigenvalue weighted by Gasteiger charge is 2.38. The van der Waals surface area contributed by atoms with Crippen LogP contribution in [0.4, 0.5) is 0 Å². The van der Waals surface area contributed by atoms with Crippen molar-refractivity contribution in [1.29, 1.82) is 0 Å². The highest BCUT2D eigenvalue weighted by molar-refractivity contribution is 5.82. The molecule has 0 aromatic carbocycles. The number of pyridine rings is 1. The average Bonchev–Trinajstić information content (AvgIpc) is 2.89. The number of rotatable bonds is 7. The van der Waals surface area contributed by atoms with Crippen LogP contribution in [-0.2, 0) is 11.3 Å². The molecule has 1 aromatic rings. The van der Waals surface area contributed by atoms with Gasteiger partial charge >= 0.3 is 0 Å². The summed E-state index contributed by atoms with van der Waals surface area (Å²) in [5.74, 6) is 0.286. The number of hydrogen-bond acceptors (Lipinski definition) is 4. The number of nitrogens with zero attached hydrogens (tertiary/aromatic N) is 3. The van der Waals surface area contributed by atoms with Crippen molar-refractivity contribution in [3.8, 4) is 0 Å². The van der Waals surface area contributed by atoms with Crippen LogP contribution >= 0.6 is 0 Å². The van der Waals surface area contributed by atoms with Crippen LogP contribution in [0, 0.1) is 0 Å². The number of carbonyl (C=O) groups excluding carboxylic acids is 1. The maximum absolute atomic E-state index is 13.1. The molecule has 1 saturated heterocycles. The van der Waals surface area contributed by atoms with E-state index in [4.69, 9.17) is 0 Å². The van der Waals surface area contributed by atoms with E-state index < -0.39 is 0 Å². The molecular formula is C22H36N4O. The number of likely N-dealkylation sites (N-methyl/N-ethyl adjacent to an activating group) is 1. The molecule has 2 heterocycles. The molecular weight excluding hydrogens is 336 g/mol. The van der Waals surface area contributed by atoms with Crippen molar-refractivity contribution in [1.82, 2.24) is 20.1 Å². The molecule has 5 heteroatoms. The first-order valence-electron chi connectivity index (χ1n) is 10.9. The summed E-state index contributed by atoms with van der Waals surface area (Å²) in [5.41, 5.74) is 1.19. The smallest absolute Gasteiger partial charge is 0.239 e. The number of amides is 1. The van der Waals surface area contributed by atoms with Gasteiger partial charge in [-0.2, -0.15) is 0 Å². The van der Waals surface area contributed by atoms with Gasteiger partial charge in [-0.25, -0.2) is 0 Å². The Morgan fingerprint density at radius 2 is 1.93 bits per heavy atom. The molecule has 1 aromatic heterocycles. The second kappa shape index (κ2) is 10.2. The Balaban J connectivity index is 1.68. The quantitative estimate of drug-likeness (QED) is 0.747. The number of hydrogen-bond donors (Lipinski definition) is 1. The van der Waals surface area contributed by atoms with Crippen molar-refractivity contribution in [3.05, 3.63) is 30.1 Å². The molecule has 2 fully saturated rings. The fraction of sp³-hybridized carbons (Fsp3) is 0.727. The second-order valence-electron chi connectivity index (χ2n) is 8.10. The normalized spacial score (nSPS) is 24.7. The van der Waals surface area contributed by atoms with E-state index in [0.29, 0.717) is 12.1 Å². The predicted molar refractivity (Wildman–Crippen MR) is 109 cm³/mol. The van der Waals surface area contributed by atoms with Crippen molar-refractivity contribution in [3.63, 3.8) is 0 Å². The van der Waals surface area contributed by atoms with Gasteiger partial charge in [-0.3, -0.25) is 14.7 Å². The van der Waals surface area contributed by atoms with Gasteiger partial charge < -0.3 is 10.2 Å². The molecule has 3 rings (SSSR count). The first kappa shape index (κ1) is 20.3. The third kappa shape index (κ3) is 5.52. The fourth-order valence-corrected chi connectivity index (χ4v) is 4.71. The van der Waals surface area contributed by atoms with Gasteiger partial charge in [-0.15, -0.1) is 0 Å². The van der Waals surface area contributed by atoms with Crippen molar-refractivity contribution in [2.75, 3.05) is 19.6 Å². The Bertz CT molecular complexity index is 567. The maximum Gasteiger partial charge on any atom is 0.239 e. The number of nitrogens with one attached hydrogen (secondary N) is 1. The monoisotopic (exact) mass is 372 g/mol. The Morgan fingerprint density at radius 3 is 2.56 bits per heavy atom. The first-order valence-corrected chi connectivity index (χ1v) is 10.9. The topological polar surface area (TPSA) is 48.5 Å². The van der Waals surface area contributed by atoms with Crippen LogP contribution in [0.25, 0.3) is 0 Å². The van der Waals surface area contributed by atoms with Crippen LogP contribution < -0.4 is 5.32 Å². The lowest BCUT2D eigenvalue weighted by molar-refractivity contribution is -0.135. The van der Waals surface area contributed by atoms with Gasteiger partial charge in [0.25, 0.3) is 0 Å². The largest absolute Gasteiger partial charge is 0.342 e. The summed E-state index contributed by atoms with van der Waals surface area (Å²) >= 11 is 0. The average molecular weight is 373 g/mol. The van der Waals surface area contributed by atoms with E-state index in [2.05, 4.69) is 35.1 Å². The fourth-order valence-electron chi connectivity index (χ4n) is 4.71. The van der Waals surface area contributed by atoms with E-state index in [9.17, 15) is 4.79 Å². The number of aromatic nitrogens is 1. The van der Waals surface area contributed by atoms with Crippen LogP contribution in [0.15, 0.2) is 24.5 Å². The third-order valence-corrected chi connectivity index (χ3v) is 6.20. The van der Waals surface area contributed by atoms with Gasteiger partial charge in [-0.1, -0.05) is 31.7 Å². The molecule has 2 atom stereocenters. The van der Waals surface area contributed by atoms with Crippen molar-refractivity contribution in [2.24, 2.45) is 0 Å². The Hall–Kier alpha value is -1.46. The molecule has 1 amide bonds. The Labute approximate surface area is 164 Å². The molecule has 0 spiro atoms. The molecule has 1 aliphatic heterocycles. The minimum atomic E-state index is -0.0200. The highest BCUT2D eigenvalue weighted by Crippen LogP contribution is 2.25. The SMILES string of the molecule is CCN(CC)C(=O)[C@@H]1C[C@@H](NC2CCCCCC2)CN1Cc1cccnc1. The standard InChI is InChI=1S/C22H36N4O/c1-3-25(4-2)22(27)21-14-20(24-19-11-7-5-6-8-12-19)17-26(21)16-18-10-9-13-23-15-18/h9-10,13,15,19-21,24H,3-8,11-12,14,16-17H2,1-2H3/t20-,21+/m1/s1. The van der Waals surface area contributed by atoms with Crippen molar-refractivity contribution < 1.29 is 4.79 Å². The minimum absolute atomic E-state index is 0.0200. The maximum atomic E-state index is 13.1. The predicted octanol–water partition coefficient (Wildman–Crippen LogP) is 3.21. The summed E-state index contributed by atoms with van der Waals surface area (Å²) in [6.07, 6.45) is 12.6. The van der Waals surface area contributed by atoms with E-state index in [1.54, 1.807) is 0 Å². The zero-order valence-electron chi connectivity index (χ0n) is 17.1. The summed E-state index contributed by atoms with van der Waals surface area (Å²) in [6.45, 7) is 7.46. The van der Waals surface area contributed by atoms with Gasteiger partial charge in [0.2, 0.25) is 5.91 Å². The van der Waals surface area contributed by atoms with Gasteiger partial charge in [0.1, 0.15) is 0 Å². The zero-order valence-corrected chi connectivity index (χ0v) is 17.1. The number of likely N-dealkylation sites (tertiary alicyclic amines) is 1. The van der Waals surface area contributed by atoms with E-state index in [1.807, 2.05) is 23.4 Å². The molecule has 150 valence electrons. The van der Waals surface area contributed by atoms with E-state index in [-0.39, 0.29) is 11.9 Å². The van der Waals surface area contributed by atoms with Crippen molar-refractivity contribution >= 4 is 5.91 Å². The lowest BCUT2D eigenvalue weighted by atomic mass is 10.1. The lowest BCUT2D eigenvalue weighted by Gasteiger charge is -2.28. The second-order valence-corrected chi connectivity index (χ2v) is 8.10. The van der Waals surface area contributed by atoms with Crippen LogP contribution in [0.5, 0.6) is 0 Å². The molecule has 0 unspecified atom stereocenters. The Morgan fingerprint density at radius 1 is 1.19 bits per heavy atom. The third-order valence-electron chi connectivity index (χ3n) is 6.20. The summed E-state index contributed by atoms with van der Waals surface area (Å²) in [6, 6.07) is 5.11. The van der Waals surface area contributed by atoms with Crippen LogP contribution in [0.1, 0.15) is 64.4 Å². The Kier molecular flexibility index (Phi) is 7.65. The molecule has 1 saturated carbocycles. The number of carbonyl (C=O) groups is 1. The molecule has 1 aliphatic carbocycles. The molecule has 0 bridgehead atoms. The van der Waals surface area contributed by atoms with Crippen LogP contribution in [0.3, 0.4) is 0 Å². The van der Waals surface area contributed by atoms with E-state index in [1.165, 1.54) is 44.1 Å². The summed E-state index contributed by atoms with van der Waals surface area (Å²) in [5, 5.41) is 3.91. The molecule has 0 radical (unpaired) electrons. The van der Waals surface area contributed by atoms with Gasteiger partial charge in [0.15, 0.2) is 0 Å². The van der Waals surface area contributed by atoms with Crippen LogP contribution in [0.2, 0.25) is 0 Å². The molecule has 27 heavy (non-hydrogen) atoms. The van der Waals surface area contributed by atoms with Crippen molar-refractivity contribution in [2.45, 2.75) is 83.5 Å². The highest BCUT2D eigenvalue weighted by atomic mass is 16.2. The summed E-state index contributed by atoms with van der Waals surface area (Å²) < 4.78 is 0.